The lowest BCUT2D eigenvalue weighted by atomic mass is 10.1. The quantitative estimate of drug-likeness (QED) is 0.658. The normalized spacial score (nSPS) is 16.2. The molecule has 2 N–H and O–H groups in total. The van der Waals surface area contributed by atoms with E-state index in [0.717, 1.165) is 24.3 Å². The van der Waals surface area contributed by atoms with Crippen LogP contribution in [0.1, 0.15) is 6.42 Å². The summed E-state index contributed by atoms with van der Waals surface area (Å²) in [5.41, 5.74) is 2.15. The highest BCUT2D eigenvalue weighted by atomic mass is 35.5. The number of amides is 1. The van der Waals surface area contributed by atoms with Crippen molar-refractivity contribution < 1.29 is 19.4 Å². The molecular formula is C19H20ClN5O4. The van der Waals surface area contributed by atoms with Crippen molar-refractivity contribution in [1.29, 1.82) is 0 Å². The first kappa shape index (κ1) is 19.1. The largest absolute Gasteiger partial charge is 0.496 e. The number of hydrogen-bond donors (Lipinski definition) is 2. The fraction of sp³-hybridized carbons (Fsp3) is 0.316. The number of nitrogens with one attached hydrogen (secondary N) is 1. The van der Waals surface area contributed by atoms with Gasteiger partial charge in [-0.25, -0.2) is 14.8 Å². The highest BCUT2D eigenvalue weighted by Crippen LogP contribution is 2.38. The number of halogens is 1. The average molecular weight is 418 g/mol. The van der Waals surface area contributed by atoms with E-state index in [1.54, 1.807) is 32.7 Å². The molecule has 1 saturated heterocycles. The van der Waals surface area contributed by atoms with Gasteiger partial charge in [-0.3, -0.25) is 4.40 Å². The second kappa shape index (κ2) is 7.67. The summed E-state index contributed by atoms with van der Waals surface area (Å²) in [4.78, 5) is 22.1. The summed E-state index contributed by atoms with van der Waals surface area (Å²) in [7, 11) is 3.13. The maximum atomic E-state index is 10.8. The molecule has 0 bridgehead atoms. The van der Waals surface area contributed by atoms with Gasteiger partial charge in [0.2, 0.25) is 0 Å². The number of carboxylic acid groups (broad SMARTS) is 1. The zero-order valence-electron chi connectivity index (χ0n) is 15.9. The number of carbonyl (C=O) groups is 1. The van der Waals surface area contributed by atoms with E-state index in [1.807, 2.05) is 21.6 Å². The molecule has 29 heavy (non-hydrogen) atoms. The Labute approximate surface area is 171 Å². The van der Waals surface area contributed by atoms with Crippen molar-refractivity contribution >= 4 is 29.2 Å². The third-order valence-electron chi connectivity index (χ3n) is 4.92. The second-order valence-electron chi connectivity index (χ2n) is 6.71. The van der Waals surface area contributed by atoms with Crippen LogP contribution in [0.4, 0.5) is 10.6 Å². The summed E-state index contributed by atoms with van der Waals surface area (Å²) in [5.74, 6) is 1.88. The maximum Gasteiger partial charge on any atom is 0.404 e. The van der Waals surface area contributed by atoms with Crippen LogP contribution in [0, 0.1) is 0 Å². The van der Waals surface area contributed by atoms with Gasteiger partial charge in [-0.1, -0.05) is 11.6 Å². The van der Waals surface area contributed by atoms with Crippen LogP contribution < -0.4 is 19.7 Å². The topological polar surface area (TPSA) is 101 Å². The highest BCUT2D eigenvalue weighted by molar-refractivity contribution is 6.32. The molecule has 1 aromatic carbocycles. The molecule has 3 heterocycles. The lowest BCUT2D eigenvalue weighted by Gasteiger charge is -2.17. The number of methoxy groups -OCH3 is 2. The molecule has 0 spiro atoms. The molecule has 9 nitrogen and oxygen atoms in total. The first-order chi connectivity index (χ1) is 14.0. The Morgan fingerprint density at radius 3 is 2.79 bits per heavy atom. The molecule has 152 valence electrons. The van der Waals surface area contributed by atoms with E-state index in [9.17, 15) is 4.79 Å². The minimum absolute atomic E-state index is 0.105. The van der Waals surface area contributed by atoms with Gasteiger partial charge in [0.25, 0.3) is 0 Å². The van der Waals surface area contributed by atoms with Crippen molar-refractivity contribution in [3.05, 3.63) is 35.7 Å². The van der Waals surface area contributed by atoms with Gasteiger partial charge in [0.1, 0.15) is 29.3 Å². The molecule has 1 atom stereocenters. The molecule has 1 fully saturated rings. The fourth-order valence-electron chi connectivity index (χ4n) is 3.50. The molecule has 2 aromatic heterocycles. The van der Waals surface area contributed by atoms with Crippen LogP contribution in [0.25, 0.3) is 16.9 Å². The number of aromatic nitrogens is 3. The van der Waals surface area contributed by atoms with Crippen LogP contribution in [0.2, 0.25) is 5.02 Å². The molecule has 0 saturated carbocycles. The van der Waals surface area contributed by atoms with Crippen molar-refractivity contribution in [2.45, 2.75) is 12.5 Å². The summed E-state index contributed by atoms with van der Waals surface area (Å²) in [6, 6.07) is 5.26. The Balaban J connectivity index is 1.65. The highest BCUT2D eigenvalue weighted by Gasteiger charge is 2.25. The van der Waals surface area contributed by atoms with Gasteiger partial charge in [-0.15, -0.1) is 0 Å². The average Bonchev–Trinajstić information content (AvgIpc) is 3.33. The SMILES string of the molecule is COc1cc(OC)c(-c2cn3cnc(N4CCC(NC(=O)O)C4)cc3n2)cc1Cl. The summed E-state index contributed by atoms with van der Waals surface area (Å²) in [6.07, 6.45) is 3.27. The minimum Gasteiger partial charge on any atom is -0.496 e. The first-order valence-electron chi connectivity index (χ1n) is 8.99. The van der Waals surface area contributed by atoms with Gasteiger partial charge in [0, 0.05) is 37.0 Å². The lowest BCUT2D eigenvalue weighted by Crippen LogP contribution is -2.36. The number of benzene rings is 1. The molecule has 3 aromatic rings. The van der Waals surface area contributed by atoms with Gasteiger partial charge in [-0.2, -0.15) is 0 Å². The van der Waals surface area contributed by atoms with E-state index in [2.05, 4.69) is 10.3 Å². The first-order valence-corrected chi connectivity index (χ1v) is 9.37. The Morgan fingerprint density at radius 2 is 2.07 bits per heavy atom. The lowest BCUT2D eigenvalue weighted by molar-refractivity contribution is 0.191. The van der Waals surface area contributed by atoms with Crippen LogP contribution in [0.5, 0.6) is 11.5 Å². The predicted molar refractivity (Wildman–Crippen MR) is 108 cm³/mol. The molecular weight excluding hydrogens is 398 g/mol. The number of anilines is 1. The van der Waals surface area contributed by atoms with Crippen LogP contribution in [-0.4, -0.2) is 58.9 Å². The van der Waals surface area contributed by atoms with E-state index in [-0.39, 0.29) is 6.04 Å². The van der Waals surface area contributed by atoms with Crippen molar-refractivity contribution in [2.24, 2.45) is 0 Å². The monoisotopic (exact) mass is 417 g/mol. The zero-order chi connectivity index (χ0) is 20.5. The fourth-order valence-corrected chi connectivity index (χ4v) is 3.75. The Bertz CT molecular complexity index is 1070. The number of hydrogen-bond acceptors (Lipinski definition) is 6. The molecule has 0 aliphatic carbocycles. The maximum absolute atomic E-state index is 10.8. The Morgan fingerprint density at radius 1 is 1.28 bits per heavy atom. The standard InChI is InChI=1S/C19H20ClN5O4/c1-28-15-6-16(29-2)13(20)5-12(15)14-9-25-10-21-17(7-18(25)23-14)24-4-3-11(8-24)22-19(26)27/h5-7,9-11,22H,3-4,8H2,1-2H3,(H,26,27). The van der Waals surface area contributed by atoms with Crippen molar-refractivity contribution in [3.63, 3.8) is 0 Å². The van der Waals surface area contributed by atoms with Crippen LogP contribution in [0.15, 0.2) is 30.7 Å². The van der Waals surface area contributed by atoms with Crippen molar-refractivity contribution in [3.8, 4) is 22.8 Å². The minimum atomic E-state index is -1.01. The second-order valence-corrected chi connectivity index (χ2v) is 7.11. The molecule has 1 unspecified atom stereocenters. The van der Waals surface area contributed by atoms with E-state index in [4.69, 9.17) is 31.2 Å². The van der Waals surface area contributed by atoms with E-state index in [0.29, 0.717) is 34.4 Å². The van der Waals surface area contributed by atoms with Crippen LogP contribution in [-0.2, 0) is 0 Å². The summed E-state index contributed by atoms with van der Waals surface area (Å²) >= 11 is 6.29. The van der Waals surface area contributed by atoms with Gasteiger partial charge in [0.05, 0.1) is 31.0 Å². The van der Waals surface area contributed by atoms with E-state index < -0.39 is 6.09 Å². The third-order valence-corrected chi connectivity index (χ3v) is 5.22. The van der Waals surface area contributed by atoms with Gasteiger partial charge < -0.3 is 24.8 Å². The number of rotatable bonds is 5. The molecule has 0 radical (unpaired) electrons. The Hall–Kier alpha value is -3.20. The van der Waals surface area contributed by atoms with Gasteiger partial charge >= 0.3 is 6.09 Å². The molecule has 1 aliphatic heterocycles. The summed E-state index contributed by atoms with van der Waals surface area (Å²) in [6.45, 7) is 1.30. The molecule has 10 heteroatoms. The number of imidazole rings is 1. The number of fused-ring (bicyclic) bond motifs is 1. The smallest absolute Gasteiger partial charge is 0.404 e. The van der Waals surface area contributed by atoms with Gasteiger partial charge in [0.15, 0.2) is 0 Å². The molecule has 1 aliphatic rings. The van der Waals surface area contributed by atoms with Crippen molar-refractivity contribution in [1.82, 2.24) is 19.7 Å². The molecule has 4 rings (SSSR count). The number of ether oxygens (including phenoxy) is 2. The predicted octanol–water partition coefficient (Wildman–Crippen LogP) is 2.91. The van der Waals surface area contributed by atoms with E-state index in [1.165, 1.54) is 0 Å². The van der Waals surface area contributed by atoms with Crippen LogP contribution in [0.3, 0.4) is 0 Å². The summed E-state index contributed by atoms with van der Waals surface area (Å²) < 4.78 is 12.5. The van der Waals surface area contributed by atoms with E-state index >= 15 is 0 Å². The summed E-state index contributed by atoms with van der Waals surface area (Å²) in [5, 5.41) is 11.9. The van der Waals surface area contributed by atoms with Gasteiger partial charge in [-0.05, 0) is 12.5 Å². The van der Waals surface area contributed by atoms with Crippen molar-refractivity contribution in [2.75, 3.05) is 32.2 Å². The third kappa shape index (κ3) is 3.73. The zero-order valence-corrected chi connectivity index (χ0v) is 16.7. The van der Waals surface area contributed by atoms with Crippen LogP contribution >= 0.6 is 11.6 Å². The molecule has 1 amide bonds. The number of nitrogens with zero attached hydrogens (tertiary/aromatic N) is 4. The Kier molecular flexibility index (Phi) is 5.06.